The minimum absolute atomic E-state index is 0.847. The van der Waals surface area contributed by atoms with Crippen LogP contribution in [0.3, 0.4) is 0 Å². The molecule has 2 nitrogen and oxygen atoms in total. The molecule has 11 rings (SSSR count). The van der Waals surface area contributed by atoms with Crippen molar-refractivity contribution in [1.82, 2.24) is 0 Å². The lowest BCUT2D eigenvalue weighted by Gasteiger charge is -2.26. The zero-order valence-corrected chi connectivity index (χ0v) is 32.9. The molecule has 282 valence electrons. The Morgan fingerprint density at radius 1 is 0.283 bits per heavy atom. The van der Waals surface area contributed by atoms with Crippen molar-refractivity contribution in [2.45, 2.75) is 0 Å². The summed E-state index contributed by atoms with van der Waals surface area (Å²) in [5, 5.41) is 4.61. The Bertz CT molecular complexity index is 3290. The molecule has 1 heterocycles. The lowest BCUT2D eigenvalue weighted by molar-refractivity contribution is 0.669. The van der Waals surface area contributed by atoms with Gasteiger partial charge in [-0.3, -0.25) is 0 Å². The smallest absolute Gasteiger partial charge is 0.159 e. The van der Waals surface area contributed by atoms with Crippen LogP contribution in [0.5, 0.6) is 0 Å². The van der Waals surface area contributed by atoms with Crippen molar-refractivity contribution in [3.63, 3.8) is 0 Å². The maximum absolute atomic E-state index is 6.84. The average Bonchev–Trinajstić information content (AvgIpc) is 3.71. The van der Waals surface area contributed by atoms with E-state index in [2.05, 4.69) is 241 Å². The van der Waals surface area contributed by atoms with Gasteiger partial charge in [-0.2, -0.15) is 0 Å². The monoisotopic (exact) mass is 765 g/mol. The van der Waals surface area contributed by atoms with E-state index >= 15 is 0 Å². The summed E-state index contributed by atoms with van der Waals surface area (Å²) < 4.78 is 6.84. The Morgan fingerprint density at radius 3 is 1.52 bits per heavy atom. The number of rotatable bonds is 8. The van der Waals surface area contributed by atoms with E-state index < -0.39 is 0 Å². The molecule has 1 aromatic heterocycles. The summed E-state index contributed by atoms with van der Waals surface area (Å²) in [7, 11) is 0. The zero-order valence-electron chi connectivity index (χ0n) is 32.9. The molecule has 0 radical (unpaired) electrons. The number of fused-ring (bicyclic) bond motifs is 4. The van der Waals surface area contributed by atoms with E-state index in [4.69, 9.17) is 4.42 Å². The first-order valence-electron chi connectivity index (χ1n) is 20.5. The van der Waals surface area contributed by atoms with Crippen molar-refractivity contribution in [2.24, 2.45) is 0 Å². The van der Waals surface area contributed by atoms with Gasteiger partial charge in [0.15, 0.2) is 5.58 Å². The first-order valence-corrected chi connectivity index (χ1v) is 20.5. The molecular formula is C58H39NO. The Balaban J connectivity index is 1.08. The molecule has 2 heteroatoms. The quantitative estimate of drug-likeness (QED) is 0.153. The van der Waals surface area contributed by atoms with Crippen molar-refractivity contribution >= 4 is 49.8 Å². The maximum atomic E-state index is 6.84. The van der Waals surface area contributed by atoms with Gasteiger partial charge < -0.3 is 9.32 Å². The third-order valence-corrected chi connectivity index (χ3v) is 11.7. The van der Waals surface area contributed by atoms with Gasteiger partial charge >= 0.3 is 0 Å². The first kappa shape index (κ1) is 35.2. The fraction of sp³-hybridized carbons (Fsp3) is 0. The SMILES string of the molecule is c1ccc(-c2ccc3cccc(-c4cccc(N(c5ccc(-c6ccccc6-c6ccccc6)cc5)c5cccc6c5oc5ccc(-c7ccccc7)cc56)c4)c3c2)cc1. The second-order valence-corrected chi connectivity index (χ2v) is 15.3. The van der Waals surface area contributed by atoms with Gasteiger partial charge in [0, 0.05) is 22.1 Å². The van der Waals surface area contributed by atoms with E-state index in [1.165, 1.54) is 49.7 Å². The average molecular weight is 766 g/mol. The van der Waals surface area contributed by atoms with E-state index in [0.717, 1.165) is 55.7 Å². The van der Waals surface area contributed by atoms with Gasteiger partial charge in [-0.1, -0.05) is 188 Å². The van der Waals surface area contributed by atoms with Gasteiger partial charge in [-0.25, -0.2) is 0 Å². The van der Waals surface area contributed by atoms with Crippen molar-refractivity contribution in [3.8, 4) is 55.6 Å². The molecule has 0 fully saturated rings. The molecule has 0 spiro atoms. The van der Waals surface area contributed by atoms with Gasteiger partial charge in [0.05, 0.1) is 5.69 Å². The van der Waals surface area contributed by atoms with Gasteiger partial charge in [-0.15, -0.1) is 0 Å². The molecule has 10 aromatic carbocycles. The van der Waals surface area contributed by atoms with E-state index in [-0.39, 0.29) is 0 Å². The number of furan rings is 1. The zero-order chi connectivity index (χ0) is 39.8. The van der Waals surface area contributed by atoms with Crippen LogP contribution in [0.1, 0.15) is 0 Å². The highest BCUT2D eigenvalue weighted by Crippen LogP contribution is 2.45. The Morgan fingerprint density at radius 2 is 0.817 bits per heavy atom. The van der Waals surface area contributed by atoms with E-state index in [1.54, 1.807) is 0 Å². The predicted octanol–water partition coefficient (Wildman–Crippen LogP) is 16.5. The largest absolute Gasteiger partial charge is 0.454 e. The number of nitrogens with zero attached hydrogens (tertiary/aromatic N) is 1. The third-order valence-electron chi connectivity index (χ3n) is 11.7. The summed E-state index contributed by atoms with van der Waals surface area (Å²) in [6.07, 6.45) is 0. The number of anilines is 3. The molecule has 0 amide bonds. The molecular weight excluding hydrogens is 727 g/mol. The maximum Gasteiger partial charge on any atom is 0.159 e. The summed E-state index contributed by atoms with van der Waals surface area (Å²) in [5.41, 5.74) is 16.6. The van der Waals surface area contributed by atoms with Crippen molar-refractivity contribution in [1.29, 1.82) is 0 Å². The second kappa shape index (κ2) is 15.1. The number of hydrogen-bond donors (Lipinski definition) is 0. The van der Waals surface area contributed by atoms with Crippen LogP contribution in [0.4, 0.5) is 17.1 Å². The van der Waals surface area contributed by atoms with Crippen LogP contribution in [-0.2, 0) is 0 Å². The molecule has 0 aliphatic heterocycles. The van der Waals surface area contributed by atoms with Crippen LogP contribution in [0.25, 0.3) is 88.3 Å². The number of para-hydroxylation sites is 1. The lowest BCUT2D eigenvalue weighted by atomic mass is 9.94. The molecule has 0 aliphatic carbocycles. The summed E-state index contributed by atoms with van der Waals surface area (Å²) in [6.45, 7) is 0. The van der Waals surface area contributed by atoms with Crippen LogP contribution in [0, 0.1) is 0 Å². The molecule has 60 heavy (non-hydrogen) atoms. The van der Waals surface area contributed by atoms with E-state index in [0.29, 0.717) is 0 Å². The third kappa shape index (κ3) is 6.41. The minimum atomic E-state index is 0.847. The molecule has 0 saturated carbocycles. The first-order chi connectivity index (χ1) is 29.7. The molecule has 0 aliphatic rings. The fourth-order valence-electron chi connectivity index (χ4n) is 8.74. The van der Waals surface area contributed by atoms with Gasteiger partial charge in [0.1, 0.15) is 5.58 Å². The summed E-state index contributed by atoms with van der Waals surface area (Å²) in [5.74, 6) is 0. The van der Waals surface area contributed by atoms with Crippen LogP contribution in [0.2, 0.25) is 0 Å². The van der Waals surface area contributed by atoms with Gasteiger partial charge in [0.25, 0.3) is 0 Å². The Kier molecular flexibility index (Phi) is 8.87. The van der Waals surface area contributed by atoms with E-state index in [9.17, 15) is 0 Å². The van der Waals surface area contributed by atoms with Crippen LogP contribution in [0.15, 0.2) is 241 Å². The fourth-order valence-corrected chi connectivity index (χ4v) is 8.74. The standard InChI is InChI=1S/C58H39NO/c1-4-15-40(16-5-1)45-30-29-43-21-13-26-52(54(43)38-45)47-22-12-23-49(37-47)59(48-34-31-44(32-35-48)51-25-11-10-24-50(51)42-19-8-3-9-20-42)56-28-14-27-53-55-39-46(41-17-6-2-7-18-41)33-36-57(55)60-58(53)56/h1-39H. The van der Waals surface area contributed by atoms with Gasteiger partial charge in [-0.05, 0) is 115 Å². The van der Waals surface area contributed by atoms with Crippen molar-refractivity contribution < 1.29 is 4.42 Å². The summed E-state index contributed by atoms with van der Waals surface area (Å²) >= 11 is 0. The normalized spacial score (nSPS) is 11.3. The topological polar surface area (TPSA) is 16.4 Å². The van der Waals surface area contributed by atoms with Crippen LogP contribution >= 0.6 is 0 Å². The Labute approximate surface area is 349 Å². The highest BCUT2D eigenvalue weighted by Gasteiger charge is 2.21. The lowest BCUT2D eigenvalue weighted by Crippen LogP contribution is -2.10. The van der Waals surface area contributed by atoms with Crippen LogP contribution in [-0.4, -0.2) is 0 Å². The summed E-state index contributed by atoms with van der Waals surface area (Å²) in [4.78, 5) is 2.35. The van der Waals surface area contributed by atoms with E-state index in [1.807, 2.05) is 0 Å². The highest BCUT2D eigenvalue weighted by atomic mass is 16.3. The number of benzene rings is 10. The summed E-state index contributed by atoms with van der Waals surface area (Å²) in [6, 6.07) is 84.7. The molecule has 0 atom stereocenters. The highest BCUT2D eigenvalue weighted by molar-refractivity contribution is 6.11. The van der Waals surface area contributed by atoms with Crippen molar-refractivity contribution in [3.05, 3.63) is 237 Å². The predicted molar refractivity (Wildman–Crippen MR) is 253 cm³/mol. The number of hydrogen-bond acceptors (Lipinski definition) is 2. The molecule has 0 unspecified atom stereocenters. The molecule has 0 N–H and O–H groups in total. The molecule has 11 aromatic rings. The Hall–Kier alpha value is -7.94. The second-order valence-electron chi connectivity index (χ2n) is 15.3. The molecule has 0 bridgehead atoms. The van der Waals surface area contributed by atoms with Gasteiger partial charge in [0.2, 0.25) is 0 Å². The molecule has 0 saturated heterocycles. The van der Waals surface area contributed by atoms with Crippen molar-refractivity contribution in [2.75, 3.05) is 4.90 Å². The van der Waals surface area contributed by atoms with Crippen LogP contribution < -0.4 is 4.90 Å². The minimum Gasteiger partial charge on any atom is -0.454 e.